The second-order valence-corrected chi connectivity index (χ2v) is 6.16. The predicted octanol–water partition coefficient (Wildman–Crippen LogP) is 2.45. The van der Waals surface area contributed by atoms with Crippen LogP contribution in [0.3, 0.4) is 0 Å². The number of rotatable bonds is 2. The van der Waals surface area contributed by atoms with E-state index in [0.29, 0.717) is 32.5 Å². The molecule has 0 aromatic carbocycles. The van der Waals surface area contributed by atoms with Gasteiger partial charge in [0, 0.05) is 19.6 Å². The smallest absolute Gasteiger partial charge is 0.326 e. The summed E-state index contributed by atoms with van der Waals surface area (Å²) in [6.07, 6.45) is -0.832. The lowest BCUT2D eigenvalue weighted by atomic mass is 9.98. The van der Waals surface area contributed by atoms with Crippen molar-refractivity contribution in [2.45, 2.75) is 44.3 Å². The number of carbonyl (C=O) groups is 1. The van der Waals surface area contributed by atoms with E-state index in [1.54, 1.807) is 0 Å². The van der Waals surface area contributed by atoms with Crippen molar-refractivity contribution in [3.8, 4) is 0 Å². The van der Waals surface area contributed by atoms with Crippen molar-refractivity contribution in [3.63, 3.8) is 0 Å². The van der Waals surface area contributed by atoms with E-state index >= 15 is 0 Å². The van der Waals surface area contributed by atoms with Gasteiger partial charge in [-0.1, -0.05) is 12.8 Å². The number of halogens is 3. The standard InChI is InChI=1S/C14H24F3N3O/c1-19-7-4-8-20(10-9-19)13(21)18-12(14(15,16)17)11-5-2-3-6-11/h11-12H,2-10H2,1H3,(H,18,21). The molecule has 1 unspecified atom stereocenters. The lowest BCUT2D eigenvalue weighted by molar-refractivity contribution is -0.165. The molecule has 2 aliphatic rings. The van der Waals surface area contributed by atoms with Crippen molar-refractivity contribution in [1.82, 2.24) is 15.1 Å². The molecule has 1 atom stereocenters. The minimum absolute atomic E-state index is 0.469. The van der Waals surface area contributed by atoms with E-state index in [9.17, 15) is 18.0 Å². The molecule has 0 spiro atoms. The fraction of sp³-hybridized carbons (Fsp3) is 0.929. The van der Waals surface area contributed by atoms with Gasteiger partial charge >= 0.3 is 12.2 Å². The van der Waals surface area contributed by atoms with Crippen LogP contribution < -0.4 is 5.32 Å². The largest absolute Gasteiger partial charge is 0.408 e. The first-order valence-electron chi connectivity index (χ1n) is 7.68. The van der Waals surface area contributed by atoms with Crippen molar-refractivity contribution < 1.29 is 18.0 Å². The Morgan fingerprint density at radius 1 is 1.10 bits per heavy atom. The van der Waals surface area contributed by atoms with Crippen LogP contribution in [-0.2, 0) is 0 Å². The zero-order valence-corrected chi connectivity index (χ0v) is 12.5. The van der Waals surface area contributed by atoms with E-state index in [-0.39, 0.29) is 0 Å². The number of nitrogens with one attached hydrogen (secondary N) is 1. The Bertz CT molecular complexity index is 356. The summed E-state index contributed by atoms with van der Waals surface area (Å²) in [6, 6.07) is -2.27. The van der Waals surface area contributed by atoms with Crippen molar-refractivity contribution in [2.75, 3.05) is 33.2 Å². The summed E-state index contributed by atoms with van der Waals surface area (Å²) in [7, 11) is 1.96. The highest BCUT2D eigenvalue weighted by Crippen LogP contribution is 2.35. The van der Waals surface area contributed by atoms with Gasteiger partial charge in [0.1, 0.15) is 6.04 Å². The molecule has 1 saturated carbocycles. The quantitative estimate of drug-likeness (QED) is 0.850. The van der Waals surface area contributed by atoms with Crippen molar-refractivity contribution in [3.05, 3.63) is 0 Å². The third-order valence-electron chi connectivity index (χ3n) is 4.51. The zero-order valence-electron chi connectivity index (χ0n) is 12.5. The number of hydrogen-bond acceptors (Lipinski definition) is 2. The summed E-state index contributed by atoms with van der Waals surface area (Å²) in [6.45, 7) is 2.58. The predicted molar refractivity (Wildman–Crippen MR) is 74.0 cm³/mol. The minimum atomic E-state index is -4.37. The van der Waals surface area contributed by atoms with E-state index in [2.05, 4.69) is 10.2 Å². The number of hydrogen-bond donors (Lipinski definition) is 1. The molecule has 1 N–H and O–H groups in total. The van der Waals surface area contributed by atoms with Crippen LogP contribution in [-0.4, -0.2) is 61.3 Å². The minimum Gasteiger partial charge on any atom is -0.326 e. The highest BCUT2D eigenvalue weighted by Gasteiger charge is 2.46. The third-order valence-corrected chi connectivity index (χ3v) is 4.51. The van der Waals surface area contributed by atoms with Gasteiger partial charge in [-0.3, -0.25) is 0 Å². The summed E-state index contributed by atoms with van der Waals surface area (Å²) >= 11 is 0. The summed E-state index contributed by atoms with van der Waals surface area (Å²) in [4.78, 5) is 15.8. The summed E-state index contributed by atoms with van der Waals surface area (Å²) in [5.74, 6) is -0.469. The Kier molecular flexibility index (Phi) is 5.35. The molecule has 122 valence electrons. The Labute approximate surface area is 123 Å². The summed E-state index contributed by atoms with van der Waals surface area (Å²) in [5, 5.41) is 2.25. The highest BCUT2D eigenvalue weighted by molar-refractivity contribution is 5.74. The second-order valence-electron chi connectivity index (χ2n) is 6.16. The van der Waals surface area contributed by atoms with Gasteiger partial charge in [0.2, 0.25) is 0 Å². The lowest BCUT2D eigenvalue weighted by Crippen LogP contribution is -2.54. The zero-order chi connectivity index (χ0) is 15.5. The first kappa shape index (κ1) is 16.4. The first-order valence-corrected chi connectivity index (χ1v) is 7.68. The van der Waals surface area contributed by atoms with Crippen LogP contribution in [0.25, 0.3) is 0 Å². The molecule has 21 heavy (non-hydrogen) atoms. The van der Waals surface area contributed by atoms with Crippen molar-refractivity contribution >= 4 is 6.03 Å². The third kappa shape index (κ3) is 4.49. The van der Waals surface area contributed by atoms with Gasteiger partial charge in [-0.2, -0.15) is 13.2 Å². The molecular formula is C14H24F3N3O. The van der Waals surface area contributed by atoms with Gasteiger partial charge in [0.15, 0.2) is 0 Å². The Morgan fingerprint density at radius 3 is 2.38 bits per heavy atom. The van der Waals surface area contributed by atoms with Gasteiger partial charge in [-0.05, 0) is 38.8 Å². The van der Waals surface area contributed by atoms with Crippen molar-refractivity contribution in [1.29, 1.82) is 0 Å². The molecule has 0 aromatic heterocycles. The molecule has 4 nitrogen and oxygen atoms in total. The monoisotopic (exact) mass is 307 g/mol. The number of urea groups is 1. The SMILES string of the molecule is CN1CCCN(C(=O)NC(C2CCCC2)C(F)(F)F)CC1. The number of carbonyl (C=O) groups excluding carboxylic acids is 1. The summed E-state index contributed by atoms with van der Waals surface area (Å²) in [5.41, 5.74) is 0. The maximum Gasteiger partial charge on any atom is 0.408 e. The van der Waals surface area contributed by atoms with Gasteiger partial charge in [0.25, 0.3) is 0 Å². The molecule has 2 amide bonds. The molecule has 0 radical (unpaired) electrons. The molecule has 2 rings (SSSR count). The van der Waals surface area contributed by atoms with Crippen LogP contribution in [0.4, 0.5) is 18.0 Å². The van der Waals surface area contributed by atoms with E-state index in [0.717, 1.165) is 25.8 Å². The van der Waals surface area contributed by atoms with Gasteiger partial charge in [-0.25, -0.2) is 4.79 Å². The molecule has 7 heteroatoms. The van der Waals surface area contributed by atoms with E-state index in [4.69, 9.17) is 0 Å². The maximum absolute atomic E-state index is 13.2. The molecule has 0 aromatic rings. The summed E-state index contributed by atoms with van der Waals surface area (Å²) < 4.78 is 39.6. The molecule has 1 heterocycles. The normalized spacial score (nSPS) is 23.9. The number of likely N-dealkylation sites (N-methyl/N-ethyl adjacent to an activating group) is 1. The van der Waals surface area contributed by atoms with Crippen LogP contribution in [0, 0.1) is 5.92 Å². The number of nitrogens with zero attached hydrogens (tertiary/aromatic N) is 2. The van der Waals surface area contributed by atoms with E-state index < -0.39 is 24.2 Å². The number of alkyl halides is 3. The molecular weight excluding hydrogens is 283 g/mol. The highest BCUT2D eigenvalue weighted by atomic mass is 19.4. The van der Waals surface area contributed by atoms with Gasteiger partial charge < -0.3 is 15.1 Å². The fourth-order valence-electron chi connectivity index (χ4n) is 3.23. The molecule has 2 fully saturated rings. The Hall–Kier alpha value is -0.980. The van der Waals surface area contributed by atoms with Crippen LogP contribution in [0.15, 0.2) is 0 Å². The van der Waals surface area contributed by atoms with E-state index in [1.807, 2.05) is 7.05 Å². The van der Waals surface area contributed by atoms with Gasteiger partial charge in [-0.15, -0.1) is 0 Å². The molecule has 0 bridgehead atoms. The fourth-order valence-corrected chi connectivity index (χ4v) is 3.23. The second kappa shape index (κ2) is 6.85. The average Bonchev–Trinajstić information content (AvgIpc) is 2.83. The topological polar surface area (TPSA) is 35.6 Å². The number of amides is 2. The Balaban J connectivity index is 1.97. The van der Waals surface area contributed by atoms with Crippen LogP contribution >= 0.6 is 0 Å². The maximum atomic E-state index is 13.2. The molecule has 1 aliphatic heterocycles. The molecule has 1 saturated heterocycles. The van der Waals surface area contributed by atoms with Crippen LogP contribution in [0.5, 0.6) is 0 Å². The van der Waals surface area contributed by atoms with Gasteiger partial charge in [0.05, 0.1) is 0 Å². The molecule has 1 aliphatic carbocycles. The van der Waals surface area contributed by atoms with Crippen molar-refractivity contribution in [2.24, 2.45) is 5.92 Å². The van der Waals surface area contributed by atoms with Crippen LogP contribution in [0.2, 0.25) is 0 Å². The average molecular weight is 307 g/mol. The first-order chi connectivity index (χ1) is 9.88. The lowest BCUT2D eigenvalue weighted by Gasteiger charge is -2.30. The van der Waals surface area contributed by atoms with Crippen LogP contribution in [0.1, 0.15) is 32.1 Å². The van der Waals surface area contributed by atoms with E-state index in [1.165, 1.54) is 4.90 Å². The Morgan fingerprint density at radius 2 is 1.76 bits per heavy atom.